The molecule has 1 aromatic rings. The van der Waals surface area contributed by atoms with Gasteiger partial charge < -0.3 is 15.8 Å². The third kappa shape index (κ3) is 4.97. The van der Waals surface area contributed by atoms with Crippen molar-refractivity contribution in [2.75, 3.05) is 20.3 Å². The second-order valence-corrected chi connectivity index (χ2v) is 4.09. The molecule has 4 nitrogen and oxygen atoms in total. The van der Waals surface area contributed by atoms with E-state index < -0.39 is 6.04 Å². The van der Waals surface area contributed by atoms with Gasteiger partial charge in [-0.3, -0.25) is 4.79 Å². The van der Waals surface area contributed by atoms with E-state index in [0.29, 0.717) is 6.54 Å². The normalized spacial score (nSPS) is 12.2. The van der Waals surface area contributed by atoms with Crippen molar-refractivity contribution in [1.82, 2.24) is 5.32 Å². The SMILES string of the molecule is COCC(N)C(=O)NCCc1cccc(C)c1. The van der Waals surface area contributed by atoms with Crippen LogP contribution in [0.2, 0.25) is 0 Å². The van der Waals surface area contributed by atoms with Crippen molar-refractivity contribution in [2.24, 2.45) is 5.73 Å². The number of aryl methyl sites for hydroxylation is 1. The van der Waals surface area contributed by atoms with Gasteiger partial charge in [0.25, 0.3) is 0 Å². The maximum Gasteiger partial charge on any atom is 0.239 e. The first kappa shape index (κ1) is 13.7. The molecule has 0 fully saturated rings. The molecule has 1 unspecified atom stereocenters. The number of hydrogen-bond donors (Lipinski definition) is 2. The molecule has 0 heterocycles. The Morgan fingerprint density at radius 1 is 1.53 bits per heavy atom. The lowest BCUT2D eigenvalue weighted by Crippen LogP contribution is -2.44. The Hall–Kier alpha value is -1.39. The summed E-state index contributed by atoms with van der Waals surface area (Å²) in [6.45, 7) is 2.90. The fourth-order valence-electron chi connectivity index (χ4n) is 1.58. The van der Waals surface area contributed by atoms with Gasteiger partial charge in [-0.15, -0.1) is 0 Å². The molecular formula is C13H20N2O2. The third-order valence-electron chi connectivity index (χ3n) is 2.48. The van der Waals surface area contributed by atoms with E-state index in [1.807, 2.05) is 12.1 Å². The minimum atomic E-state index is -0.586. The van der Waals surface area contributed by atoms with Crippen LogP contribution >= 0.6 is 0 Å². The molecule has 0 radical (unpaired) electrons. The molecular weight excluding hydrogens is 216 g/mol. The van der Waals surface area contributed by atoms with E-state index in [0.717, 1.165) is 6.42 Å². The zero-order chi connectivity index (χ0) is 12.7. The zero-order valence-corrected chi connectivity index (χ0v) is 10.4. The van der Waals surface area contributed by atoms with Crippen LogP contribution in [-0.4, -0.2) is 32.2 Å². The Morgan fingerprint density at radius 2 is 2.29 bits per heavy atom. The van der Waals surface area contributed by atoms with Crippen LogP contribution in [0.1, 0.15) is 11.1 Å². The average Bonchev–Trinajstić information content (AvgIpc) is 2.29. The van der Waals surface area contributed by atoms with Crippen LogP contribution < -0.4 is 11.1 Å². The van der Waals surface area contributed by atoms with Crippen LogP contribution in [0.5, 0.6) is 0 Å². The number of carbonyl (C=O) groups is 1. The summed E-state index contributed by atoms with van der Waals surface area (Å²) in [6.07, 6.45) is 0.813. The van der Waals surface area contributed by atoms with Crippen LogP contribution in [-0.2, 0) is 16.0 Å². The number of hydrogen-bond acceptors (Lipinski definition) is 3. The summed E-state index contributed by atoms with van der Waals surface area (Å²) >= 11 is 0. The highest BCUT2D eigenvalue weighted by Gasteiger charge is 2.11. The highest BCUT2D eigenvalue weighted by atomic mass is 16.5. The summed E-state index contributed by atoms with van der Waals surface area (Å²) in [5.41, 5.74) is 8.03. The van der Waals surface area contributed by atoms with Crippen molar-refractivity contribution < 1.29 is 9.53 Å². The molecule has 0 bridgehead atoms. The summed E-state index contributed by atoms with van der Waals surface area (Å²) in [4.78, 5) is 11.5. The lowest BCUT2D eigenvalue weighted by atomic mass is 10.1. The van der Waals surface area contributed by atoms with Gasteiger partial charge in [-0.1, -0.05) is 29.8 Å². The van der Waals surface area contributed by atoms with E-state index in [-0.39, 0.29) is 12.5 Å². The fourth-order valence-corrected chi connectivity index (χ4v) is 1.58. The van der Waals surface area contributed by atoms with E-state index in [1.54, 1.807) is 0 Å². The van der Waals surface area contributed by atoms with Crippen LogP contribution in [0.3, 0.4) is 0 Å². The van der Waals surface area contributed by atoms with E-state index in [1.165, 1.54) is 18.2 Å². The van der Waals surface area contributed by atoms with Crippen LogP contribution in [0.4, 0.5) is 0 Å². The van der Waals surface area contributed by atoms with E-state index in [4.69, 9.17) is 10.5 Å². The van der Waals surface area contributed by atoms with Crippen LogP contribution in [0.25, 0.3) is 0 Å². The van der Waals surface area contributed by atoms with E-state index in [9.17, 15) is 4.79 Å². The predicted octanol–water partition coefficient (Wildman–Crippen LogP) is 0.627. The Labute approximate surface area is 102 Å². The molecule has 4 heteroatoms. The average molecular weight is 236 g/mol. The van der Waals surface area contributed by atoms with Gasteiger partial charge in [-0.2, -0.15) is 0 Å². The van der Waals surface area contributed by atoms with Gasteiger partial charge in [0.15, 0.2) is 0 Å². The Bertz CT molecular complexity index is 366. The first-order chi connectivity index (χ1) is 8.13. The van der Waals surface area contributed by atoms with Gasteiger partial charge in [-0.25, -0.2) is 0 Å². The molecule has 3 N–H and O–H groups in total. The summed E-state index contributed by atoms with van der Waals surface area (Å²) in [5, 5.41) is 2.79. The summed E-state index contributed by atoms with van der Waals surface area (Å²) in [7, 11) is 1.53. The van der Waals surface area contributed by atoms with Crippen molar-refractivity contribution >= 4 is 5.91 Å². The number of ether oxygens (including phenoxy) is 1. The Morgan fingerprint density at radius 3 is 2.94 bits per heavy atom. The highest BCUT2D eigenvalue weighted by Crippen LogP contribution is 2.03. The number of nitrogens with two attached hydrogens (primary N) is 1. The lowest BCUT2D eigenvalue weighted by Gasteiger charge is -2.11. The second kappa shape index (κ2) is 7.04. The quantitative estimate of drug-likeness (QED) is 0.761. The largest absolute Gasteiger partial charge is 0.383 e. The van der Waals surface area contributed by atoms with Crippen molar-refractivity contribution in [3.05, 3.63) is 35.4 Å². The second-order valence-electron chi connectivity index (χ2n) is 4.09. The van der Waals surface area contributed by atoms with Gasteiger partial charge in [-0.05, 0) is 18.9 Å². The van der Waals surface area contributed by atoms with Gasteiger partial charge in [0.1, 0.15) is 6.04 Å². The number of rotatable bonds is 6. The molecule has 0 saturated carbocycles. The molecule has 94 valence electrons. The predicted molar refractivity (Wildman–Crippen MR) is 67.7 cm³/mol. The summed E-state index contributed by atoms with van der Waals surface area (Å²) in [6, 6.07) is 7.65. The van der Waals surface area contributed by atoms with Gasteiger partial charge in [0.05, 0.1) is 6.61 Å². The molecule has 1 amide bonds. The molecule has 0 aliphatic carbocycles. The smallest absolute Gasteiger partial charge is 0.239 e. The van der Waals surface area contributed by atoms with Gasteiger partial charge in [0.2, 0.25) is 5.91 Å². The molecule has 0 aliphatic heterocycles. The van der Waals surface area contributed by atoms with Crippen molar-refractivity contribution in [2.45, 2.75) is 19.4 Å². The van der Waals surface area contributed by atoms with Crippen molar-refractivity contribution in [3.63, 3.8) is 0 Å². The number of nitrogens with one attached hydrogen (secondary N) is 1. The molecule has 0 saturated heterocycles. The maximum absolute atomic E-state index is 11.5. The molecule has 1 rings (SSSR count). The standard InChI is InChI=1S/C13H20N2O2/c1-10-4-3-5-11(8-10)6-7-15-13(16)12(14)9-17-2/h3-5,8,12H,6-7,9,14H2,1-2H3,(H,15,16). The zero-order valence-electron chi connectivity index (χ0n) is 10.4. The number of benzene rings is 1. The minimum Gasteiger partial charge on any atom is -0.383 e. The van der Waals surface area contributed by atoms with E-state index in [2.05, 4.69) is 24.4 Å². The third-order valence-corrected chi connectivity index (χ3v) is 2.48. The molecule has 0 aliphatic rings. The maximum atomic E-state index is 11.5. The monoisotopic (exact) mass is 236 g/mol. The minimum absolute atomic E-state index is 0.167. The van der Waals surface area contributed by atoms with Crippen LogP contribution in [0, 0.1) is 6.92 Å². The molecule has 0 aromatic heterocycles. The molecule has 17 heavy (non-hydrogen) atoms. The first-order valence-electron chi connectivity index (χ1n) is 5.71. The summed E-state index contributed by atoms with van der Waals surface area (Å²) in [5.74, 6) is -0.167. The van der Waals surface area contributed by atoms with Crippen molar-refractivity contribution in [1.29, 1.82) is 0 Å². The number of carbonyl (C=O) groups excluding carboxylic acids is 1. The lowest BCUT2D eigenvalue weighted by molar-refractivity contribution is -0.123. The highest BCUT2D eigenvalue weighted by molar-refractivity contribution is 5.81. The number of amides is 1. The molecule has 1 atom stereocenters. The summed E-state index contributed by atoms with van der Waals surface area (Å²) < 4.78 is 4.82. The van der Waals surface area contributed by atoms with Crippen LogP contribution in [0.15, 0.2) is 24.3 Å². The van der Waals surface area contributed by atoms with Gasteiger partial charge >= 0.3 is 0 Å². The van der Waals surface area contributed by atoms with Crippen molar-refractivity contribution in [3.8, 4) is 0 Å². The molecule has 0 spiro atoms. The van der Waals surface area contributed by atoms with E-state index >= 15 is 0 Å². The molecule has 1 aromatic carbocycles. The Balaban J connectivity index is 2.30. The fraction of sp³-hybridized carbons (Fsp3) is 0.462. The topological polar surface area (TPSA) is 64.3 Å². The Kier molecular flexibility index (Phi) is 5.66. The first-order valence-corrected chi connectivity index (χ1v) is 5.71. The number of methoxy groups -OCH3 is 1. The van der Waals surface area contributed by atoms with Gasteiger partial charge in [0, 0.05) is 13.7 Å².